The minimum Gasteiger partial charge on any atom is -0.390 e. The van der Waals surface area contributed by atoms with Crippen LogP contribution in [-0.4, -0.2) is 42.4 Å². The molecule has 1 heterocycles. The number of hydrogen-bond acceptors (Lipinski definition) is 3. The molecule has 1 aliphatic heterocycles. The third-order valence-electron chi connectivity index (χ3n) is 3.58. The number of carbonyl (C=O) groups is 1. The standard InChI is InChI=1S/C17H23N3O2/c1-4-10-20(17(21)18-5-2)12-14-11-16(19-22-14)15-9-7-6-8-13(15)3/h4,6-9,14H,1,5,10-12H2,2-3H3,(H,18,21)/t14-/m1/s1. The fourth-order valence-corrected chi connectivity index (χ4v) is 2.49. The number of nitrogens with zero attached hydrogens (tertiary/aromatic N) is 2. The first-order valence-corrected chi connectivity index (χ1v) is 7.58. The normalized spacial score (nSPS) is 16.6. The van der Waals surface area contributed by atoms with Crippen LogP contribution < -0.4 is 5.32 Å². The van der Waals surface area contributed by atoms with E-state index in [9.17, 15) is 4.79 Å². The fraction of sp³-hybridized carbons (Fsp3) is 0.412. The maximum atomic E-state index is 12.0. The molecule has 0 spiro atoms. The Kier molecular flexibility index (Phi) is 5.58. The Morgan fingerprint density at radius 1 is 1.55 bits per heavy atom. The molecule has 0 aliphatic carbocycles. The molecular formula is C17H23N3O2. The lowest BCUT2D eigenvalue weighted by molar-refractivity contribution is 0.0630. The predicted molar refractivity (Wildman–Crippen MR) is 88.0 cm³/mol. The van der Waals surface area contributed by atoms with Gasteiger partial charge in [0.2, 0.25) is 0 Å². The Morgan fingerprint density at radius 2 is 2.32 bits per heavy atom. The average Bonchev–Trinajstić information content (AvgIpc) is 2.96. The Morgan fingerprint density at radius 3 is 3.00 bits per heavy atom. The zero-order valence-corrected chi connectivity index (χ0v) is 13.2. The minimum absolute atomic E-state index is 0.102. The number of carbonyl (C=O) groups excluding carboxylic acids is 1. The molecule has 1 aromatic carbocycles. The minimum atomic E-state index is -0.114. The van der Waals surface area contributed by atoms with Crippen LogP contribution in [0.3, 0.4) is 0 Å². The van der Waals surface area contributed by atoms with Crippen molar-refractivity contribution in [3.63, 3.8) is 0 Å². The molecule has 2 rings (SSSR count). The Labute approximate surface area is 131 Å². The van der Waals surface area contributed by atoms with Gasteiger partial charge < -0.3 is 15.1 Å². The van der Waals surface area contributed by atoms with E-state index in [2.05, 4.69) is 30.0 Å². The highest BCUT2D eigenvalue weighted by Crippen LogP contribution is 2.20. The van der Waals surface area contributed by atoms with Crippen molar-refractivity contribution in [1.29, 1.82) is 0 Å². The Balaban J connectivity index is 1.97. The quantitative estimate of drug-likeness (QED) is 0.821. The van der Waals surface area contributed by atoms with Gasteiger partial charge in [0.05, 0.1) is 12.3 Å². The van der Waals surface area contributed by atoms with E-state index in [0.717, 1.165) is 11.3 Å². The number of oxime groups is 1. The van der Waals surface area contributed by atoms with Gasteiger partial charge in [-0.25, -0.2) is 4.79 Å². The maximum Gasteiger partial charge on any atom is 0.317 e. The molecule has 0 saturated heterocycles. The van der Waals surface area contributed by atoms with Crippen LogP contribution >= 0.6 is 0 Å². The van der Waals surface area contributed by atoms with Crippen LogP contribution in [0.2, 0.25) is 0 Å². The highest BCUT2D eigenvalue weighted by Gasteiger charge is 2.26. The molecule has 2 amide bonds. The van der Waals surface area contributed by atoms with Gasteiger partial charge in [-0.05, 0) is 19.4 Å². The molecule has 0 fully saturated rings. The lowest BCUT2D eigenvalue weighted by Crippen LogP contribution is -2.43. The number of urea groups is 1. The molecule has 1 N–H and O–H groups in total. The van der Waals surface area contributed by atoms with Crippen LogP contribution in [0.1, 0.15) is 24.5 Å². The van der Waals surface area contributed by atoms with Crippen LogP contribution in [0.15, 0.2) is 42.1 Å². The second-order valence-corrected chi connectivity index (χ2v) is 5.31. The van der Waals surface area contributed by atoms with Crippen LogP contribution in [0.4, 0.5) is 4.79 Å². The first-order valence-electron chi connectivity index (χ1n) is 7.58. The van der Waals surface area contributed by atoms with Crippen molar-refractivity contribution < 1.29 is 9.63 Å². The van der Waals surface area contributed by atoms with E-state index in [1.807, 2.05) is 25.1 Å². The number of hydrogen-bond donors (Lipinski definition) is 1. The summed E-state index contributed by atoms with van der Waals surface area (Å²) >= 11 is 0. The van der Waals surface area contributed by atoms with E-state index in [4.69, 9.17) is 4.84 Å². The monoisotopic (exact) mass is 301 g/mol. The molecule has 0 unspecified atom stereocenters. The van der Waals surface area contributed by atoms with E-state index < -0.39 is 0 Å². The summed E-state index contributed by atoms with van der Waals surface area (Å²) in [5.41, 5.74) is 3.23. The van der Waals surface area contributed by atoms with Crippen LogP contribution in [0.25, 0.3) is 0 Å². The van der Waals surface area contributed by atoms with Gasteiger partial charge in [0.15, 0.2) is 6.10 Å². The molecule has 0 aromatic heterocycles. The van der Waals surface area contributed by atoms with Gasteiger partial charge in [0.1, 0.15) is 0 Å². The first-order chi connectivity index (χ1) is 10.7. The van der Waals surface area contributed by atoms with E-state index >= 15 is 0 Å². The molecule has 5 nitrogen and oxygen atoms in total. The van der Waals surface area contributed by atoms with Crippen molar-refractivity contribution in [3.8, 4) is 0 Å². The van der Waals surface area contributed by atoms with E-state index in [1.165, 1.54) is 5.56 Å². The summed E-state index contributed by atoms with van der Waals surface area (Å²) in [6, 6.07) is 8.01. The predicted octanol–water partition coefficient (Wildman–Crippen LogP) is 2.71. The fourth-order valence-electron chi connectivity index (χ4n) is 2.49. The maximum absolute atomic E-state index is 12.0. The summed E-state index contributed by atoms with van der Waals surface area (Å²) in [6.07, 6.45) is 2.31. The highest BCUT2D eigenvalue weighted by molar-refractivity contribution is 6.02. The second-order valence-electron chi connectivity index (χ2n) is 5.31. The summed E-state index contributed by atoms with van der Waals surface area (Å²) < 4.78 is 0. The molecule has 0 saturated carbocycles. The largest absolute Gasteiger partial charge is 0.390 e. The van der Waals surface area contributed by atoms with Crippen molar-refractivity contribution in [2.24, 2.45) is 5.16 Å². The molecule has 1 aliphatic rings. The smallest absolute Gasteiger partial charge is 0.317 e. The number of nitrogens with one attached hydrogen (secondary N) is 1. The van der Waals surface area contributed by atoms with Gasteiger partial charge in [0.25, 0.3) is 0 Å². The van der Waals surface area contributed by atoms with E-state index in [0.29, 0.717) is 26.1 Å². The van der Waals surface area contributed by atoms with Crippen LogP contribution in [0.5, 0.6) is 0 Å². The zero-order valence-electron chi connectivity index (χ0n) is 13.2. The summed E-state index contributed by atoms with van der Waals surface area (Å²) in [7, 11) is 0. The van der Waals surface area contributed by atoms with Crippen molar-refractivity contribution in [3.05, 3.63) is 48.0 Å². The molecule has 118 valence electrons. The van der Waals surface area contributed by atoms with Crippen molar-refractivity contribution >= 4 is 11.7 Å². The number of amides is 2. The second kappa shape index (κ2) is 7.64. The third kappa shape index (κ3) is 3.87. The number of rotatable bonds is 6. The van der Waals surface area contributed by atoms with Gasteiger partial charge in [-0.15, -0.1) is 6.58 Å². The summed E-state index contributed by atoms with van der Waals surface area (Å²) in [5.74, 6) is 0. The number of benzene rings is 1. The molecule has 1 aromatic rings. The molecule has 22 heavy (non-hydrogen) atoms. The average molecular weight is 301 g/mol. The lowest BCUT2D eigenvalue weighted by Gasteiger charge is -2.23. The van der Waals surface area contributed by atoms with Gasteiger partial charge in [-0.3, -0.25) is 0 Å². The van der Waals surface area contributed by atoms with Crippen LogP contribution in [-0.2, 0) is 4.84 Å². The summed E-state index contributed by atoms with van der Waals surface area (Å²) in [5, 5.41) is 7.00. The topological polar surface area (TPSA) is 53.9 Å². The first kappa shape index (κ1) is 16.1. The lowest BCUT2D eigenvalue weighted by atomic mass is 10.0. The summed E-state index contributed by atoms with van der Waals surface area (Å²) in [6.45, 7) is 9.25. The van der Waals surface area contributed by atoms with E-state index in [-0.39, 0.29) is 12.1 Å². The Bertz CT molecular complexity index is 569. The highest BCUT2D eigenvalue weighted by atomic mass is 16.6. The van der Waals surface area contributed by atoms with Crippen molar-refractivity contribution in [1.82, 2.24) is 10.2 Å². The Hall–Kier alpha value is -2.30. The summed E-state index contributed by atoms with van der Waals surface area (Å²) in [4.78, 5) is 19.2. The molecule has 5 heteroatoms. The zero-order chi connectivity index (χ0) is 15.9. The molecular weight excluding hydrogens is 278 g/mol. The van der Waals surface area contributed by atoms with Gasteiger partial charge in [-0.1, -0.05) is 35.5 Å². The molecule has 1 atom stereocenters. The van der Waals surface area contributed by atoms with E-state index in [1.54, 1.807) is 11.0 Å². The number of aryl methyl sites for hydroxylation is 1. The van der Waals surface area contributed by atoms with Gasteiger partial charge in [-0.2, -0.15) is 0 Å². The van der Waals surface area contributed by atoms with Crippen molar-refractivity contribution in [2.45, 2.75) is 26.4 Å². The molecule has 0 bridgehead atoms. The van der Waals surface area contributed by atoms with Crippen molar-refractivity contribution in [2.75, 3.05) is 19.6 Å². The molecule has 0 radical (unpaired) electrons. The van der Waals surface area contributed by atoms with Crippen LogP contribution in [0, 0.1) is 6.92 Å². The van der Waals surface area contributed by atoms with Gasteiger partial charge in [0, 0.05) is 25.1 Å². The van der Waals surface area contributed by atoms with Gasteiger partial charge >= 0.3 is 6.03 Å². The SMILES string of the molecule is C=CCN(C[C@H]1CC(c2ccccc2C)=NO1)C(=O)NCC. The third-order valence-corrected chi connectivity index (χ3v) is 3.58.